The first kappa shape index (κ1) is 66.2. The number of nitrogens with zero attached hydrogens (tertiary/aromatic N) is 1. The molecule has 0 spiro atoms. The van der Waals surface area contributed by atoms with Crippen LogP contribution >= 0.6 is 7.82 Å². The van der Waals surface area contributed by atoms with Crippen molar-refractivity contribution in [2.75, 3.05) is 40.9 Å². The molecule has 0 aromatic carbocycles. The van der Waals surface area contributed by atoms with Crippen molar-refractivity contribution in [1.29, 1.82) is 0 Å². The molecule has 0 aromatic heterocycles. The average molecular weight is 970 g/mol. The van der Waals surface area contributed by atoms with Crippen molar-refractivity contribution in [3.05, 3.63) is 12.2 Å². The summed E-state index contributed by atoms with van der Waals surface area (Å²) in [6.07, 6.45) is 61.2. The Kier molecular flexibility index (Phi) is 49.6. The van der Waals surface area contributed by atoms with Gasteiger partial charge in [-0.15, -0.1) is 0 Å². The molecule has 2 N–H and O–H groups in total. The maximum atomic E-state index is 12.9. The van der Waals surface area contributed by atoms with Gasteiger partial charge >= 0.3 is 0 Å². The predicted molar refractivity (Wildman–Crippen MR) is 289 cm³/mol. The molecule has 0 rings (SSSR count). The molecule has 0 fully saturated rings. The van der Waals surface area contributed by atoms with E-state index in [-0.39, 0.29) is 19.1 Å². The number of carbonyl (C=O) groups is 1. The fourth-order valence-electron chi connectivity index (χ4n) is 9.10. The first-order chi connectivity index (χ1) is 32.5. The number of hydrogen-bond donors (Lipinski definition) is 2. The van der Waals surface area contributed by atoms with E-state index in [1.165, 1.54) is 238 Å². The van der Waals surface area contributed by atoms with Gasteiger partial charge in [-0.25, -0.2) is 0 Å². The molecule has 400 valence electrons. The van der Waals surface area contributed by atoms with Gasteiger partial charge in [-0.1, -0.05) is 270 Å². The summed E-state index contributed by atoms with van der Waals surface area (Å²) in [7, 11) is 1.32. The highest BCUT2D eigenvalue weighted by molar-refractivity contribution is 7.45. The molecule has 0 saturated carbocycles. The standard InChI is InChI=1S/C58H117N2O6P/c1-6-8-10-12-14-16-18-20-21-22-23-24-25-26-27-28-29-30-31-32-33-34-35-36-37-38-39-40-42-44-46-48-50-52-58(62)59-56(55-66-67(63,64)65-54-53-60(3,4)5)57(61)51-49-47-45-43-41-19-17-15-13-11-9-7-2/h26-27,56-57,61H,6-25,28-55H2,1-5H3,(H-,59,62,63,64)/b27-26-. The van der Waals surface area contributed by atoms with E-state index in [4.69, 9.17) is 9.05 Å². The third-order valence-corrected chi connectivity index (χ3v) is 14.7. The minimum Gasteiger partial charge on any atom is -0.756 e. The number of rotatable bonds is 55. The highest BCUT2D eigenvalue weighted by Crippen LogP contribution is 2.38. The molecule has 3 unspecified atom stereocenters. The molecule has 67 heavy (non-hydrogen) atoms. The summed E-state index contributed by atoms with van der Waals surface area (Å²) in [5.74, 6) is -0.160. The number of likely N-dealkylation sites (N-methyl/N-ethyl adjacent to an activating group) is 1. The molecule has 0 aromatic rings. The van der Waals surface area contributed by atoms with E-state index in [1.54, 1.807) is 0 Å². The van der Waals surface area contributed by atoms with Crippen LogP contribution in [0.4, 0.5) is 0 Å². The number of allylic oxidation sites excluding steroid dienone is 2. The third-order valence-electron chi connectivity index (χ3n) is 13.8. The molecular formula is C58H117N2O6P. The van der Waals surface area contributed by atoms with Gasteiger partial charge in [-0.05, 0) is 38.5 Å². The maximum Gasteiger partial charge on any atom is 0.268 e. The average Bonchev–Trinajstić information content (AvgIpc) is 3.29. The zero-order valence-corrected chi connectivity index (χ0v) is 46.5. The number of phosphoric ester groups is 1. The second-order valence-electron chi connectivity index (χ2n) is 21.7. The van der Waals surface area contributed by atoms with Crippen LogP contribution in [0.3, 0.4) is 0 Å². The van der Waals surface area contributed by atoms with Crippen LogP contribution in [0.1, 0.15) is 303 Å². The molecule has 9 heteroatoms. The second kappa shape index (κ2) is 50.2. The lowest BCUT2D eigenvalue weighted by Gasteiger charge is -2.30. The van der Waals surface area contributed by atoms with E-state index in [2.05, 4.69) is 31.3 Å². The molecule has 0 aliphatic carbocycles. The van der Waals surface area contributed by atoms with Crippen molar-refractivity contribution in [3.63, 3.8) is 0 Å². The zero-order valence-electron chi connectivity index (χ0n) is 45.6. The lowest BCUT2D eigenvalue weighted by Crippen LogP contribution is -2.46. The monoisotopic (exact) mass is 969 g/mol. The summed E-state index contributed by atoms with van der Waals surface area (Å²) < 4.78 is 23.4. The van der Waals surface area contributed by atoms with Crippen molar-refractivity contribution in [2.24, 2.45) is 0 Å². The largest absolute Gasteiger partial charge is 0.756 e. The van der Waals surface area contributed by atoms with E-state index in [0.29, 0.717) is 23.9 Å². The van der Waals surface area contributed by atoms with E-state index < -0.39 is 20.0 Å². The SMILES string of the molecule is CCCCCCCCCCCCCC/C=C\CCCCCCCCCCCCCCCCCCCC(=O)NC(COP(=O)([O-])OCC[N+](C)(C)C)C(O)CCCCCCCCCCCCCC. The van der Waals surface area contributed by atoms with Crippen LogP contribution in [0.15, 0.2) is 12.2 Å². The number of carbonyl (C=O) groups excluding carboxylic acids is 1. The molecule has 8 nitrogen and oxygen atoms in total. The molecule has 0 bridgehead atoms. The van der Waals surface area contributed by atoms with E-state index in [1.807, 2.05) is 21.1 Å². The molecule has 0 aliphatic rings. The molecule has 3 atom stereocenters. The quantitative estimate of drug-likeness (QED) is 0.0272. The summed E-state index contributed by atoms with van der Waals surface area (Å²) in [4.78, 5) is 25.5. The van der Waals surface area contributed by atoms with Gasteiger partial charge in [-0.3, -0.25) is 9.36 Å². The summed E-state index contributed by atoms with van der Waals surface area (Å²) in [5, 5.41) is 14.0. The Labute approximate surface area is 418 Å². The van der Waals surface area contributed by atoms with Crippen molar-refractivity contribution in [1.82, 2.24) is 5.32 Å². The van der Waals surface area contributed by atoms with Crippen LogP contribution < -0.4 is 10.2 Å². The first-order valence-electron chi connectivity index (χ1n) is 29.5. The van der Waals surface area contributed by atoms with E-state index in [9.17, 15) is 19.4 Å². The third kappa shape index (κ3) is 52.9. The number of unbranched alkanes of at least 4 members (excludes halogenated alkanes) is 40. The second-order valence-corrected chi connectivity index (χ2v) is 23.1. The number of aliphatic hydroxyl groups excluding tert-OH is 1. The maximum absolute atomic E-state index is 12.9. The molecule has 0 heterocycles. The van der Waals surface area contributed by atoms with Gasteiger partial charge in [0, 0.05) is 6.42 Å². The number of aliphatic hydroxyl groups is 1. The Morgan fingerprint density at radius 3 is 1.16 bits per heavy atom. The lowest BCUT2D eigenvalue weighted by atomic mass is 10.0. The Hall–Kier alpha value is -0.760. The number of phosphoric acid groups is 1. The van der Waals surface area contributed by atoms with Crippen LogP contribution in [0.2, 0.25) is 0 Å². The molecule has 0 radical (unpaired) electrons. The van der Waals surface area contributed by atoms with E-state index in [0.717, 1.165) is 38.5 Å². The minimum atomic E-state index is -4.56. The molecule has 1 amide bonds. The summed E-state index contributed by atoms with van der Waals surface area (Å²) in [6, 6.07) is -0.796. The van der Waals surface area contributed by atoms with Crippen molar-refractivity contribution in [2.45, 2.75) is 315 Å². The van der Waals surface area contributed by atoms with Crippen molar-refractivity contribution >= 4 is 13.7 Å². The van der Waals surface area contributed by atoms with Gasteiger partial charge in [-0.2, -0.15) is 0 Å². The van der Waals surface area contributed by atoms with Gasteiger partial charge < -0.3 is 28.8 Å². The van der Waals surface area contributed by atoms with Crippen molar-refractivity contribution < 1.29 is 32.9 Å². The number of hydrogen-bond acceptors (Lipinski definition) is 6. The Morgan fingerprint density at radius 1 is 0.507 bits per heavy atom. The lowest BCUT2D eigenvalue weighted by molar-refractivity contribution is -0.870. The fraction of sp³-hybridized carbons (Fsp3) is 0.948. The predicted octanol–water partition coefficient (Wildman–Crippen LogP) is 17.2. The highest BCUT2D eigenvalue weighted by Gasteiger charge is 2.24. The topological polar surface area (TPSA) is 108 Å². The highest BCUT2D eigenvalue weighted by atomic mass is 31.2. The zero-order chi connectivity index (χ0) is 49.2. The molecule has 0 saturated heterocycles. The van der Waals surface area contributed by atoms with Crippen LogP contribution in [0.25, 0.3) is 0 Å². The Morgan fingerprint density at radius 2 is 0.821 bits per heavy atom. The summed E-state index contributed by atoms with van der Waals surface area (Å²) >= 11 is 0. The Balaban J connectivity index is 3.92. The van der Waals surface area contributed by atoms with Crippen LogP contribution in [-0.2, 0) is 18.4 Å². The van der Waals surface area contributed by atoms with Crippen LogP contribution in [0, 0.1) is 0 Å². The molecular weight excluding hydrogens is 852 g/mol. The van der Waals surface area contributed by atoms with Gasteiger partial charge in [0.2, 0.25) is 5.91 Å². The van der Waals surface area contributed by atoms with Crippen molar-refractivity contribution in [3.8, 4) is 0 Å². The molecule has 0 aliphatic heterocycles. The number of amides is 1. The minimum absolute atomic E-state index is 0.0151. The normalized spacial score (nSPS) is 14.0. The number of nitrogens with one attached hydrogen (secondary N) is 1. The first-order valence-corrected chi connectivity index (χ1v) is 31.0. The van der Waals surface area contributed by atoms with Gasteiger partial charge in [0.05, 0.1) is 39.9 Å². The smallest absolute Gasteiger partial charge is 0.268 e. The summed E-state index contributed by atoms with van der Waals surface area (Å²) in [6.45, 7) is 4.75. The number of quaternary nitrogens is 1. The summed E-state index contributed by atoms with van der Waals surface area (Å²) in [5.41, 5.74) is 0. The van der Waals surface area contributed by atoms with Crippen LogP contribution in [-0.4, -0.2) is 68.5 Å². The Bertz CT molecular complexity index is 1100. The van der Waals surface area contributed by atoms with Gasteiger partial charge in [0.1, 0.15) is 13.2 Å². The van der Waals surface area contributed by atoms with E-state index >= 15 is 0 Å². The van der Waals surface area contributed by atoms with Gasteiger partial charge in [0.25, 0.3) is 7.82 Å². The fourth-order valence-corrected chi connectivity index (χ4v) is 9.82. The van der Waals surface area contributed by atoms with Gasteiger partial charge in [0.15, 0.2) is 0 Å². The van der Waals surface area contributed by atoms with Crippen LogP contribution in [0.5, 0.6) is 0 Å².